The van der Waals surface area contributed by atoms with Gasteiger partial charge in [-0.15, -0.1) is 0 Å². The van der Waals surface area contributed by atoms with Gasteiger partial charge in [0.25, 0.3) is 0 Å². The highest BCUT2D eigenvalue weighted by molar-refractivity contribution is 5.77. The summed E-state index contributed by atoms with van der Waals surface area (Å²) in [5, 5.41) is 4.62. The van der Waals surface area contributed by atoms with E-state index in [2.05, 4.69) is 28.2 Å². The highest BCUT2D eigenvalue weighted by Crippen LogP contribution is 2.18. The van der Waals surface area contributed by atoms with Gasteiger partial charge in [-0.25, -0.2) is 4.98 Å². The van der Waals surface area contributed by atoms with Crippen LogP contribution in [0.2, 0.25) is 0 Å². The molecule has 1 aliphatic rings. The molecule has 4 rings (SSSR count). The lowest BCUT2D eigenvalue weighted by atomic mass is 10.2. The van der Waals surface area contributed by atoms with Gasteiger partial charge < -0.3 is 14.3 Å². The van der Waals surface area contributed by atoms with Crippen molar-refractivity contribution in [3.63, 3.8) is 0 Å². The molecule has 0 fully saturated rings. The second kappa shape index (κ2) is 5.97. The molecule has 22 heavy (non-hydrogen) atoms. The first kappa shape index (κ1) is 13.6. The Morgan fingerprint density at radius 3 is 3.09 bits per heavy atom. The molecule has 3 aromatic rings. The van der Waals surface area contributed by atoms with Crippen LogP contribution in [0.4, 0.5) is 0 Å². The largest absolute Gasteiger partial charge is 0.460 e. The Bertz CT molecular complexity index is 715. The molecule has 3 heterocycles. The first-order valence-electron chi connectivity index (χ1n) is 8.11. The predicted octanol–water partition coefficient (Wildman–Crippen LogP) is 3.30. The van der Waals surface area contributed by atoms with Crippen molar-refractivity contribution in [2.24, 2.45) is 0 Å². The first-order valence-corrected chi connectivity index (χ1v) is 8.11. The molecule has 1 N–H and O–H groups in total. The third kappa shape index (κ3) is 2.79. The number of fused-ring (bicyclic) bond motifs is 2. The average Bonchev–Trinajstić information content (AvgIpc) is 3.14. The van der Waals surface area contributed by atoms with E-state index in [9.17, 15) is 0 Å². The fourth-order valence-electron chi connectivity index (χ4n) is 3.14. The van der Waals surface area contributed by atoms with Crippen molar-refractivity contribution in [1.29, 1.82) is 0 Å². The molecule has 0 unspecified atom stereocenters. The highest BCUT2D eigenvalue weighted by Gasteiger charge is 2.11. The van der Waals surface area contributed by atoms with E-state index < -0.39 is 0 Å². The lowest BCUT2D eigenvalue weighted by molar-refractivity contribution is 0.514. The van der Waals surface area contributed by atoms with Crippen molar-refractivity contribution in [1.82, 2.24) is 14.9 Å². The quantitative estimate of drug-likeness (QED) is 0.734. The van der Waals surface area contributed by atoms with Crippen LogP contribution in [-0.2, 0) is 25.9 Å². The Labute approximate surface area is 130 Å². The van der Waals surface area contributed by atoms with Gasteiger partial charge in [-0.3, -0.25) is 0 Å². The smallest absolute Gasteiger partial charge is 0.134 e. The highest BCUT2D eigenvalue weighted by atomic mass is 16.3. The maximum absolute atomic E-state index is 5.80. The van der Waals surface area contributed by atoms with E-state index in [1.165, 1.54) is 29.7 Å². The van der Waals surface area contributed by atoms with Crippen molar-refractivity contribution in [2.45, 2.75) is 38.8 Å². The molecule has 0 saturated heterocycles. The monoisotopic (exact) mass is 295 g/mol. The van der Waals surface area contributed by atoms with Crippen molar-refractivity contribution in [2.75, 3.05) is 6.54 Å². The number of hydrogen-bond donors (Lipinski definition) is 1. The van der Waals surface area contributed by atoms with E-state index in [1.807, 2.05) is 18.2 Å². The van der Waals surface area contributed by atoms with E-state index in [-0.39, 0.29) is 0 Å². The van der Waals surface area contributed by atoms with Gasteiger partial charge in [0.05, 0.1) is 12.2 Å². The summed E-state index contributed by atoms with van der Waals surface area (Å²) in [6.07, 6.45) is 6.89. The third-order valence-electron chi connectivity index (χ3n) is 4.29. The minimum Gasteiger partial charge on any atom is -0.460 e. The summed E-state index contributed by atoms with van der Waals surface area (Å²) in [6, 6.07) is 10.2. The zero-order valence-corrected chi connectivity index (χ0v) is 12.7. The van der Waals surface area contributed by atoms with Crippen LogP contribution in [0.1, 0.15) is 30.1 Å². The van der Waals surface area contributed by atoms with Crippen LogP contribution < -0.4 is 5.32 Å². The van der Waals surface area contributed by atoms with Gasteiger partial charge in [0.2, 0.25) is 0 Å². The second-order valence-electron chi connectivity index (χ2n) is 5.98. The molecule has 0 amide bonds. The van der Waals surface area contributed by atoms with Crippen molar-refractivity contribution in [3.8, 4) is 0 Å². The number of nitrogens with zero attached hydrogens (tertiary/aromatic N) is 2. The molecule has 2 aromatic heterocycles. The molecule has 1 aromatic carbocycles. The first-order chi connectivity index (χ1) is 10.9. The molecule has 0 spiro atoms. The molecular weight excluding hydrogens is 274 g/mol. The van der Waals surface area contributed by atoms with E-state index >= 15 is 0 Å². The van der Waals surface area contributed by atoms with Crippen molar-refractivity contribution in [3.05, 3.63) is 53.8 Å². The van der Waals surface area contributed by atoms with Gasteiger partial charge in [-0.2, -0.15) is 0 Å². The van der Waals surface area contributed by atoms with Gasteiger partial charge in [-0.1, -0.05) is 18.2 Å². The zero-order valence-electron chi connectivity index (χ0n) is 12.7. The average molecular weight is 295 g/mol. The zero-order chi connectivity index (χ0) is 14.8. The summed E-state index contributed by atoms with van der Waals surface area (Å²) >= 11 is 0. The maximum Gasteiger partial charge on any atom is 0.134 e. The molecule has 0 saturated carbocycles. The Kier molecular flexibility index (Phi) is 3.69. The minimum atomic E-state index is 0.766. The summed E-state index contributed by atoms with van der Waals surface area (Å²) in [5.41, 5.74) is 2.16. The number of rotatable bonds is 5. The maximum atomic E-state index is 5.80. The van der Waals surface area contributed by atoms with Crippen LogP contribution in [0.25, 0.3) is 11.0 Å². The fourth-order valence-corrected chi connectivity index (χ4v) is 3.14. The van der Waals surface area contributed by atoms with E-state index in [0.29, 0.717) is 0 Å². The number of aryl methyl sites for hydroxylation is 2. The number of para-hydroxylation sites is 1. The Hall–Kier alpha value is -2.07. The molecule has 0 radical (unpaired) electrons. The standard InChI is InChI=1S/C18H21N3O/c1-2-6-17-14(5-1)11-16(22-17)12-19-9-8-15-13-21-10-4-3-7-18(21)20-15/h1-2,5-6,11,13,19H,3-4,7-10,12H2. The van der Waals surface area contributed by atoms with Gasteiger partial charge in [-0.05, 0) is 25.0 Å². The lowest BCUT2D eigenvalue weighted by Gasteiger charge is -2.11. The van der Waals surface area contributed by atoms with Crippen LogP contribution in [0, 0.1) is 0 Å². The van der Waals surface area contributed by atoms with Crippen LogP contribution in [0.5, 0.6) is 0 Å². The van der Waals surface area contributed by atoms with Crippen molar-refractivity contribution < 1.29 is 4.42 Å². The van der Waals surface area contributed by atoms with E-state index in [1.54, 1.807) is 0 Å². The summed E-state index contributed by atoms with van der Waals surface area (Å²) in [4.78, 5) is 4.73. The number of benzene rings is 1. The Balaban J connectivity index is 1.30. The molecule has 114 valence electrons. The second-order valence-corrected chi connectivity index (χ2v) is 5.98. The van der Waals surface area contributed by atoms with Gasteiger partial charge in [0.1, 0.15) is 17.2 Å². The number of aromatic nitrogens is 2. The molecule has 4 nitrogen and oxygen atoms in total. The SMILES string of the molecule is c1ccc2oc(CNCCc3cn4c(n3)CCCC4)cc2c1. The summed E-state index contributed by atoms with van der Waals surface area (Å²) in [5.74, 6) is 2.25. The Morgan fingerprint density at radius 2 is 2.18 bits per heavy atom. The third-order valence-corrected chi connectivity index (χ3v) is 4.29. The molecule has 4 heteroatoms. The normalized spacial score (nSPS) is 14.4. The van der Waals surface area contributed by atoms with Crippen LogP contribution >= 0.6 is 0 Å². The predicted molar refractivity (Wildman–Crippen MR) is 86.8 cm³/mol. The molecule has 0 aliphatic carbocycles. The van der Waals surface area contributed by atoms with E-state index in [4.69, 9.17) is 9.40 Å². The van der Waals surface area contributed by atoms with Crippen LogP contribution in [-0.4, -0.2) is 16.1 Å². The summed E-state index contributed by atoms with van der Waals surface area (Å²) in [6.45, 7) is 2.82. The summed E-state index contributed by atoms with van der Waals surface area (Å²) < 4.78 is 8.12. The number of hydrogen-bond acceptors (Lipinski definition) is 3. The van der Waals surface area contributed by atoms with Gasteiger partial charge >= 0.3 is 0 Å². The summed E-state index contributed by atoms with van der Waals surface area (Å²) in [7, 11) is 0. The van der Waals surface area contributed by atoms with E-state index in [0.717, 1.165) is 43.8 Å². The number of furan rings is 1. The molecule has 0 atom stereocenters. The molecule has 0 bridgehead atoms. The number of imidazole rings is 1. The van der Waals surface area contributed by atoms with Crippen LogP contribution in [0.3, 0.4) is 0 Å². The molecular formula is C18H21N3O. The lowest BCUT2D eigenvalue weighted by Crippen LogP contribution is -2.16. The van der Waals surface area contributed by atoms with Crippen LogP contribution in [0.15, 0.2) is 40.9 Å². The number of nitrogens with one attached hydrogen (secondary N) is 1. The molecule has 1 aliphatic heterocycles. The minimum absolute atomic E-state index is 0.766. The van der Waals surface area contributed by atoms with Gasteiger partial charge in [0, 0.05) is 37.5 Å². The van der Waals surface area contributed by atoms with Gasteiger partial charge in [0.15, 0.2) is 0 Å². The fraction of sp³-hybridized carbons (Fsp3) is 0.389. The Morgan fingerprint density at radius 1 is 1.23 bits per heavy atom. The van der Waals surface area contributed by atoms with Crippen molar-refractivity contribution >= 4 is 11.0 Å². The topological polar surface area (TPSA) is 43.0 Å².